The minimum absolute atomic E-state index is 0.172. The van der Waals surface area contributed by atoms with E-state index < -0.39 is 21.8 Å². The van der Waals surface area contributed by atoms with Crippen LogP contribution in [0.25, 0.3) is 22.6 Å². The van der Waals surface area contributed by atoms with Crippen molar-refractivity contribution < 1.29 is 26.9 Å². The van der Waals surface area contributed by atoms with Gasteiger partial charge in [-0.3, -0.25) is 4.72 Å². The third-order valence-electron chi connectivity index (χ3n) is 5.87. The Morgan fingerprint density at radius 1 is 1.18 bits per heavy atom. The van der Waals surface area contributed by atoms with Crippen molar-refractivity contribution in [2.75, 3.05) is 29.5 Å². The van der Waals surface area contributed by atoms with Gasteiger partial charge in [0.25, 0.3) is 0 Å². The van der Waals surface area contributed by atoms with Gasteiger partial charge in [0.1, 0.15) is 11.5 Å². The molecule has 2 heterocycles. The molecule has 0 spiro atoms. The van der Waals surface area contributed by atoms with Crippen molar-refractivity contribution >= 4 is 27.4 Å². The number of aromatic nitrogens is 1. The Morgan fingerprint density at radius 3 is 2.62 bits per heavy atom. The van der Waals surface area contributed by atoms with Crippen molar-refractivity contribution in [3.63, 3.8) is 0 Å². The van der Waals surface area contributed by atoms with E-state index in [9.17, 15) is 17.6 Å². The molecule has 180 valence electrons. The van der Waals surface area contributed by atoms with E-state index >= 15 is 0 Å². The van der Waals surface area contributed by atoms with Gasteiger partial charge in [-0.15, -0.1) is 0 Å². The number of carbonyl (C=O) groups excluding carboxylic acids is 1. The lowest BCUT2D eigenvalue weighted by Crippen LogP contribution is -2.38. The average molecular weight is 488 g/mol. The molecule has 3 aromatic rings. The van der Waals surface area contributed by atoms with Crippen LogP contribution >= 0.6 is 0 Å². The summed E-state index contributed by atoms with van der Waals surface area (Å²) in [6.07, 6.45) is 4.34. The maximum Gasteiger partial charge on any atom is 0.340 e. The van der Waals surface area contributed by atoms with Crippen molar-refractivity contribution in [3.8, 4) is 22.6 Å². The van der Waals surface area contributed by atoms with Gasteiger partial charge in [-0.1, -0.05) is 11.2 Å². The highest BCUT2D eigenvalue weighted by Gasteiger charge is 2.23. The summed E-state index contributed by atoms with van der Waals surface area (Å²) < 4.78 is 51.1. The molecule has 1 aromatic heterocycles. The lowest BCUT2D eigenvalue weighted by molar-refractivity contribution is 0.0595. The van der Waals surface area contributed by atoms with Crippen molar-refractivity contribution in [1.82, 2.24) is 5.16 Å². The quantitative estimate of drug-likeness (QED) is 0.504. The van der Waals surface area contributed by atoms with Gasteiger partial charge in [-0.05, 0) is 56.5 Å². The molecule has 10 heteroatoms. The molecule has 4 rings (SSSR count). The zero-order valence-electron chi connectivity index (χ0n) is 19.2. The highest BCUT2D eigenvalue weighted by molar-refractivity contribution is 7.92. The number of ether oxygens (including phenoxy) is 1. The van der Waals surface area contributed by atoms with Crippen LogP contribution in [0.3, 0.4) is 0 Å². The summed E-state index contributed by atoms with van der Waals surface area (Å²) in [4.78, 5) is 13.8. The van der Waals surface area contributed by atoms with E-state index in [0.717, 1.165) is 37.8 Å². The lowest BCUT2D eigenvalue weighted by Gasteiger charge is -2.36. The van der Waals surface area contributed by atoms with Gasteiger partial charge in [-0.25, -0.2) is 17.6 Å². The SMILES string of the molecule is COC(=O)c1ccc(-c2cc(-c3ccc(N4CCCCC4C)c(NS(C)(=O)=O)c3)on2)cc1F. The summed E-state index contributed by atoms with van der Waals surface area (Å²) in [5.74, 6) is -1.10. The molecular formula is C24H26FN3O5S. The number of carbonyl (C=O) groups is 1. The number of nitrogens with zero attached hydrogens (tertiary/aromatic N) is 2. The number of anilines is 2. The van der Waals surface area contributed by atoms with E-state index in [-0.39, 0.29) is 5.56 Å². The standard InChI is InChI=1S/C24H26FN3O5S/c1-15-6-4-5-11-28(15)22-10-8-17(13-21(22)27-34(3,30)31)23-14-20(26-33-23)16-7-9-18(19(25)12-16)24(29)32-2/h7-10,12-15,27H,4-6,11H2,1-3H3. The Kier molecular flexibility index (Phi) is 6.60. The number of hydrogen-bond acceptors (Lipinski definition) is 7. The van der Waals surface area contributed by atoms with E-state index in [1.807, 2.05) is 12.1 Å². The number of rotatable bonds is 6. The van der Waals surface area contributed by atoms with Gasteiger partial charge in [0.2, 0.25) is 10.0 Å². The normalized spacial score (nSPS) is 16.4. The maximum atomic E-state index is 14.3. The second-order valence-corrected chi connectivity index (χ2v) is 10.2. The molecule has 0 amide bonds. The molecule has 0 bridgehead atoms. The number of sulfonamides is 1. The van der Waals surface area contributed by atoms with E-state index in [1.165, 1.54) is 19.2 Å². The van der Waals surface area contributed by atoms with Crippen molar-refractivity contribution in [3.05, 3.63) is 53.8 Å². The largest absolute Gasteiger partial charge is 0.465 e. The molecule has 1 fully saturated rings. The van der Waals surface area contributed by atoms with Gasteiger partial charge in [-0.2, -0.15) is 0 Å². The molecule has 0 radical (unpaired) electrons. The van der Waals surface area contributed by atoms with Crippen LogP contribution in [0.2, 0.25) is 0 Å². The number of nitrogens with one attached hydrogen (secondary N) is 1. The third kappa shape index (κ3) is 5.06. The first kappa shape index (κ1) is 23.7. The predicted molar refractivity (Wildman–Crippen MR) is 128 cm³/mol. The lowest BCUT2D eigenvalue weighted by atomic mass is 10.0. The first-order chi connectivity index (χ1) is 16.2. The van der Waals surface area contributed by atoms with Crippen LogP contribution in [0.1, 0.15) is 36.5 Å². The zero-order valence-corrected chi connectivity index (χ0v) is 20.0. The molecule has 1 N–H and O–H groups in total. The van der Waals surface area contributed by atoms with Crippen molar-refractivity contribution in [1.29, 1.82) is 0 Å². The van der Waals surface area contributed by atoms with Crippen molar-refractivity contribution in [2.24, 2.45) is 0 Å². The zero-order chi connectivity index (χ0) is 24.5. The Balaban J connectivity index is 1.68. The monoisotopic (exact) mass is 487 g/mol. The third-order valence-corrected chi connectivity index (χ3v) is 6.46. The first-order valence-electron chi connectivity index (χ1n) is 10.9. The van der Waals surface area contributed by atoms with E-state index in [4.69, 9.17) is 4.52 Å². The highest BCUT2D eigenvalue weighted by atomic mass is 32.2. The molecule has 0 aliphatic carbocycles. The molecule has 8 nitrogen and oxygen atoms in total. The highest BCUT2D eigenvalue weighted by Crippen LogP contribution is 2.36. The number of benzene rings is 2. The predicted octanol–water partition coefficient (Wildman–Crippen LogP) is 4.68. The van der Waals surface area contributed by atoms with Gasteiger partial charge in [0.15, 0.2) is 5.76 Å². The summed E-state index contributed by atoms with van der Waals surface area (Å²) in [6, 6.07) is 11.4. The number of piperidine rings is 1. The summed E-state index contributed by atoms with van der Waals surface area (Å²) in [5.41, 5.74) is 2.51. The molecular weight excluding hydrogens is 461 g/mol. The number of hydrogen-bond donors (Lipinski definition) is 1. The molecule has 1 saturated heterocycles. The molecule has 2 aromatic carbocycles. The van der Waals surface area contributed by atoms with Crippen LogP contribution in [0.4, 0.5) is 15.8 Å². The minimum Gasteiger partial charge on any atom is -0.465 e. The fourth-order valence-electron chi connectivity index (χ4n) is 4.17. The number of halogens is 1. The smallest absolute Gasteiger partial charge is 0.340 e. The van der Waals surface area contributed by atoms with E-state index in [2.05, 4.69) is 26.4 Å². The molecule has 1 unspecified atom stereocenters. The number of esters is 1. The summed E-state index contributed by atoms with van der Waals surface area (Å²) in [7, 11) is -2.33. The van der Waals surface area contributed by atoms with Crippen molar-refractivity contribution in [2.45, 2.75) is 32.2 Å². The second-order valence-electron chi connectivity index (χ2n) is 8.41. The Hall–Kier alpha value is -3.40. The van der Waals surface area contributed by atoms with Crippen LogP contribution in [-0.2, 0) is 14.8 Å². The first-order valence-corrected chi connectivity index (χ1v) is 12.8. The average Bonchev–Trinajstić information content (AvgIpc) is 3.28. The van der Waals surface area contributed by atoms with Gasteiger partial charge in [0, 0.05) is 29.8 Å². The van der Waals surface area contributed by atoms with Crippen LogP contribution in [0, 0.1) is 5.82 Å². The summed E-state index contributed by atoms with van der Waals surface area (Å²) in [6.45, 7) is 2.98. The van der Waals surface area contributed by atoms with E-state index in [0.29, 0.717) is 34.3 Å². The van der Waals surface area contributed by atoms with Crippen LogP contribution < -0.4 is 9.62 Å². The minimum atomic E-state index is -3.51. The topological polar surface area (TPSA) is 102 Å². The van der Waals surface area contributed by atoms with Gasteiger partial charge < -0.3 is 14.2 Å². The Morgan fingerprint density at radius 2 is 1.94 bits per heavy atom. The van der Waals surface area contributed by atoms with Gasteiger partial charge >= 0.3 is 5.97 Å². The molecule has 1 atom stereocenters. The molecule has 1 aliphatic rings. The fraction of sp³-hybridized carbons (Fsp3) is 0.333. The maximum absolute atomic E-state index is 14.3. The molecule has 1 aliphatic heterocycles. The molecule has 0 saturated carbocycles. The Bertz CT molecular complexity index is 1320. The summed E-state index contributed by atoms with van der Waals surface area (Å²) >= 11 is 0. The van der Waals surface area contributed by atoms with Crippen LogP contribution in [0.5, 0.6) is 0 Å². The Labute approximate surface area is 197 Å². The van der Waals surface area contributed by atoms with E-state index in [1.54, 1.807) is 18.2 Å². The molecule has 34 heavy (non-hydrogen) atoms. The second kappa shape index (κ2) is 9.46. The van der Waals surface area contributed by atoms with Crippen LogP contribution in [0.15, 0.2) is 47.0 Å². The van der Waals surface area contributed by atoms with Gasteiger partial charge in [0.05, 0.1) is 30.3 Å². The van der Waals surface area contributed by atoms with Crippen LogP contribution in [-0.4, -0.2) is 45.5 Å². The fourth-order valence-corrected chi connectivity index (χ4v) is 4.74. The summed E-state index contributed by atoms with van der Waals surface area (Å²) in [5, 5.41) is 4.02. The number of methoxy groups -OCH3 is 1.